The van der Waals surface area contributed by atoms with Crippen LogP contribution in [0.1, 0.15) is 49.9 Å². The molecule has 0 bridgehead atoms. The molecule has 61 heavy (non-hydrogen) atoms. The minimum absolute atomic E-state index is 0.152. The molecule has 0 saturated carbocycles. The predicted molar refractivity (Wildman–Crippen MR) is 260 cm³/mol. The van der Waals surface area contributed by atoms with Gasteiger partial charge in [0.1, 0.15) is 0 Å². The van der Waals surface area contributed by atoms with Crippen molar-refractivity contribution >= 4 is 49.4 Å². The molecule has 0 N–H and O–H groups in total. The zero-order valence-electron chi connectivity index (χ0n) is 35.0. The molecule has 2 aliphatic rings. The molecule has 2 aliphatic carbocycles. The van der Waals surface area contributed by atoms with Crippen molar-refractivity contribution in [3.8, 4) is 44.5 Å². The van der Waals surface area contributed by atoms with E-state index in [-0.39, 0.29) is 10.8 Å². The molecule has 0 amide bonds. The summed E-state index contributed by atoms with van der Waals surface area (Å²) in [6.45, 7) is 9.53. The Morgan fingerprint density at radius 2 is 0.754 bits per heavy atom. The highest BCUT2D eigenvalue weighted by molar-refractivity contribution is 6.30. The van der Waals surface area contributed by atoms with Gasteiger partial charge in [-0.2, -0.15) is 0 Å². The van der Waals surface area contributed by atoms with E-state index in [0.29, 0.717) is 0 Å². The average Bonchev–Trinajstić information content (AvgIpc) is 3.68. The summed E-state index contributed by atoms with van der Waals surface area (Å²) in [5, 5.41) is 7.60. The first-order chi connectivity index (χ1) is 29.8. The van der Waals surface area contributed by atoms with Crippen molar-refractivity contribution in [3.05, 3.63) is 222 Å². The molecule has 0 spiro atoms. The van der Waals surface area contributed by atoms with Gasteiger partial charge in [0.05, 0.1) is 5.69 Å². The predicted octanol–water partition coefficient (Wildman–Crippen LogP) is 16.6. The topological polar surface area (TPSA) is 3.24 Å². The number of rotatable bonds is 5. The van der Waals surface area contributed by atoms with Crippen LogP contribution in [0.2, 0.25) is 0 Å². The largest absolute Gasteiger partial charge is 0.310 e. The number of fused-ring (bicyclic) bond motifs is 12. The Kier molecular flexibility index (Phi) is 7.69. The maximum absolute atomic E-state index is 2.56. The summed E-state index contributed by atoms with van der Waals surface area (Å²) in [6, 6.07) is 75.0. The van der Waals surface area contributed by atoms with Crippen LogP contribution in [0.25, 0.3) is 76.8 Å². The van der Waals surface area contributed by atoms with Gasteiger partial charge in [0.15, 0.2) is 0 Å². The summed E-state index contributed by atoms with van der Waals surface area (Å²) < 4.78 is 0. The molecule has 0 radical (unpaired) electrons. The van der Waals surface area contributed by atoms with Gasteiger partial charge in [-0.05, 0) is 125 Å². The second-order valence-electron chi connectivity index (χ2n) is 18.1. The number of hydrogen-bond donors (Lipinski definition) is 0. The molecule has 290 valence electrons. The molecular formula is C60H45N. The first-order valence-electron chi connectivity index (χ1n) is 21.6. The summed E-state index contributed by atoms with van der Waals surface area (Å²) in [5.41, 5.74) is 18.8. The summed E-state index contributed by atoms with van der Waals surface area (Å²) in [5.74, 6) is 0. The van der Waals surface area contributed by atoms with Gasteiger partial charge in [-0.15, -0.1) is 0 Å². The van der Waals surface area contributed by atoms with Gasteiger partial charge < -0.3 is 4.90 Å². The summed E-state index contributed by atoms with van der Waals surface area (Å²) in [4.78, 5) is 2.56. The Hall–Kier alpha value is -7.22. The van der Waals surface area contributed by atoms with E-state index in [1.165, 1.54) is 99.1 Å². The van der Waals surface area contributed by atoms with Gasteiger partial charge in [0.25, 0.3) is 0 Å². The lowest BCUT2D eigenvalue weighted by Crippen LogP contribution is -2.18. The van der Waals surface area contributed by atoms with Crippen LogP contribution in [0.3, 0.4) is 0 Å². The third-order valence-corrected chi connectivity index (χ3v) is 14.0. The van der Waals surface area contributed by atoms with E-state index < -0.39 is 0 Å². The minimum Gasteiger partial charge on any atom is -0.310 e. The molecule has 10 aromatic rings. The lowest BCUT2D eigenvalue weighted by Gasteiger charge is -2.32. The summed E-state index contributed by atoms with van der Waals surface area (Å²) in [7, 11) is 0. The molecule has 0 aliphatic heterocycles. The fraction of sp³-hybridized carbons (Fsp3) is 0.100. The Labute approximate surface area is 358 Å². The third kappa shape index (κ3) is 5.20. The second kappa shape index (κ2) is 13.1. The van der Waals surface area contributed by atoms with Crippen molar-refractivity contribution in [2.75, 3.05) is 4.90 Å². The summed E-state index contributed by atoms with van der Waals surface area (Å²) >= 11 is 0. The van der Waals surface area contributed by atoms with Crippen molar-refractivity contribution in [3.63, 3.8) is 0 Å². The number of anilines is 3. The number of nitrogens with zero attached hydrogens (tertiary/aromatic N) is 1. The number of hydrogen-bond acceptors (Lipinski definition) is 1. The SMILES string of the molecule is CC1(C)c2ccccc2-c2ccc(N(c3ccc4c(c3)C(C)(C)c3ccccc3-4)c3ccc4c5ccccc5c5ccccc5c4c3-c3cccc(-c4ccccc4)c3)cc21. The molecule has 0 fully saturated rings. The van der Waals surface area contributed by atoms with Crippen LogP contribution in [-0.4, -0.2) is 0 Å². The van der Waals surface area contributed by atoms with Gasteiger partial charge in [0.2, 0.25) is 0 Å². The maximum Gasteiger partial charge on any atom is 0.0546 e. The van der Waals surface area contributed by atoms with E-state index in [1.807, 2.05) is 0 Å². The molecule has 10 aromatic carbocycles. The van der Waals surface area contributed by atoms with Crippen LogP contribution < -0.4 is 4.90 Å². The van der Waals surface area contributed by atoms with E-state index in [4.69, 9.17) is 0 Å². The van der Waals surface area contributed by atoms with Crippen LogP contribution in [0.5, 0.6) is 0 Å². The van der Waals surface area contributed by atoms with E-state index in [0.717, 1.165) is 17.1 Å². The average molecular weight is 780 g/mol. The zero-order chi connectivity index (χ0) is 41.0. The van der Waals surface area contributed by atoms with E-state index in [9.17, 15) is 0 Å². The molecular weight excluding hydrogens is 735 g/mol. The highest BCUT2D eigenvalue weighted by Crippen LogP contribution is 2.55. The fourth-order valence-corrected chi connectivity index (χ4v) is 11.0. The number of benzene rings is 10. The van der Waals surface area contributed by atoms with Crippen molar-refractivity contribution in [2.24, 2.45) is 0 Å². The molecule has 0 saturated heterocycles. The summed E-state index contributed by atoms with van der Waals surface area (Å²) in [6.07, 6.45) is 0. The van der Waals surface area contributed by atoms with Gasteiger partial charge in [-0.25, -0.2) is 0 Å². The zero-order valence-corrected chi connectivity index (χ0v) is 35.0. The monoisotopic (exact) mass is 779 g/mol. The molecule has 0 heterocycles. The Balaban J connectivity index is 1.20. The molecule has 12 rings (SSSR count). The molecule has 0 aromatic heterocycles. The fourth-order valence-electron chi connectivity index (χ4n) is 11.0. The minimum atomic E-state index is -0.152. The van der Waals surface area contributed by atoms with Crippen LogP contribution in [-0.2, 0) is 10.8 Å². The van der Waals surface area contributed by atoms with E-state index >= 15 is 0 Å². The van der Waals surface area contributed by atoms with Crippen molar-refractivity contribution in [1.82, 2.24) is 0 Å². The maximum atomic E-state index is 2.56. The van der Waals surface area contributed by atoms with E-state index in [1.54, 1.807) is 0 Å². The van der Waals surface area contributed by atoms with Crippen LogP contribution in [0.15, 0.2) is 200 Å². The van der Waals surface area contributed by atoms with Crippen LogP contribution in [0.4, 0.5) is 17.1 Å². The smallest absolute Gasteiger partial charge is 0.0546 e. The van der Waals surface area contributed by atoms with Gasteiger partial charge >= 0.3 is 0 Å². The van der Waals surface area contributed by atoms with Crippen LogP contribution in [0, 0.1) is 0 Å². The first kappa shape index (κ1) is 35.7. The lowest BCUT2D eigenvalue weighted by molar-refractivity contribution is 0.660. The third-order valence-electron chi connectivity index (χ3n) is 14.0. The Bertz CT molecular complexity index is 3280. The van der Waals surface area contributed by atoms with Crippen molar-refractivity contribution in [2.45, 2.75) is 38.5 Å². The highest BCUT2D eigenvalue weighted by atomic mass is 15.1. The normalized spacial score (nSPS) is 14.2. The highest BCUT2D eigenvalue weighted by Gasteiger charge is 2.38. The standard InChI is InChI=1S/C60H45N/c1-59(2)52-27-14-12-24-46(52)48-31-29-41(36-54(48)59)61(42-30-32-49-47-25-13-15-28-53(47)60(3,4)55(49)37-42)56-34-33-51-45-23-9-8-21-43(45)44-22-10-11-26-50(44)58(51)57(56)40-20-16-19-39(35-40)38-17-6-5-7-18-38/h5-37H,1-4H3. The quantitative estimate of drug-likeness (QED) is 0.157. The van der Waals surface area contributed by atoms with Crippen LogP contribution >= 0.6 is 0 Å². The van der Waals surface area contributed by atoms with Gasteiger partial charge in [-0.1, -0.05) is 191 Å². The molecule has 0 atom stereocenters. The van der Waals surface area contributed by atoms with Gasteiger partial charge in [0, 0.05) is 33.2 Å². The van der Waals surface area contributed by atoms with Crippen molar-refractivity contribution < 1.29 is 0 Å². The Morgan fingerprint density at radius 1 is 0.311 bits per heavy atom. The molecule has 0 unspecified atom stereocenters. The van der Waals surface area contributed by atoms with E-state index in [2.05, 4.69) is 233 Å². The molecule has 1 nitrogen and oxygen atoms in total. The van der Waals surface area contributed by atoms with Crippen molar-refractivity contribution in [1.29, 1.82) is 0 Å². The first-order valence-corrected chi connectivity index (χ1v) is 21.6. The lowest BCUT2D eigenvalue weighted by atomic mass is 9.82. The second-order valence-corrected chi connectivity index (χ2v) is 18.1. The van der Waals surface area contributed by atoms with Gasteiger partial charge in [-0.3, -0.25) is 0 Å². The Morgan fingerprint density at radius 3 is 1.34 bits per heavy atom. The molecule has 1 heteroatoms.